The van der Waals surface area contributed by atoms with Crippen molar-refractivity contribution in [3.05, 3.63) is 29.3 Å². The van der Waals surface area contributed by atoms with Gasteiger partial charge >= 0.3 is 0 Å². The van der Waals surface area contributed by atoms with Crippen LogP contribution in [-0.4, -0.2) is 13.0 Å². The van der Waals surface area contributed by atoms with Gasteiger partial charge in [0.15, 0.2) is 0 Å². The Morgan fingerprint density at radius 3 is 2.58 bits per heavy atom. The van der Waals surface area contributed by atoms with Crippen LogP contribution in [0.2, 0.25) is 0 Å². The first-order valence-corrected chi connectivity index (χ1v) is 3.74. The molecule has 0 saturated heterocycles. The van der Waals surface area contributed by atoms with Gasteiger partial charge in [-0.2, -0.15) is 0 Å². The lowest BCUT2D eigenvalue weighted by atomic mass is 10.1. The van der Waals surface area contributed by atoms with Crippen molar-refractivity contribution in [2.75, 3.05) is 12.4 Å². The average Bonchev–Trinajstić information content (AvgIpc) is 2.03. The summed E-state index contributed by atoms with van der Waals surface area (Å²) in [5.41, 5.74) is 7.55. The Morgan fingerprint density at radius 2 is 2.17 bits per heavy atom. The number of hydrogen-bond donors (Lipinski definition) is 2. The molecule has 0 radical (unpaired) electrons. The lowest BCUT2D eigenvalue weighted by molar-refractivity contribution is 0.100. The Balaban J connectivity index is 3.27. The first-order valence-electron chi connectivity index (χ1n) is 3.74. The van der Waals surface area contributed by atoms with Gasteiger partial charge in [-0.1, -0.05) is 12.1 Å². The van der Waals surface area contributed by atoms with Crippen LogP contribution in [0.3, 0.4) is 0 Å². The average molecular weight is 164 g/mol. The zero-order chi connectivity index (χ0) is 9.14. The SMILES string of the molecule is CNc1c(C)cccc1C(N)=O. The maximum Gasteiger partial charge on any atom is 0.250 e. The minimum Gasteiger partial charge on any atom is -0.387 e. The molecule has 1 rings (SSSR count). The van der Waals surface area contributed by atoms with Crippen LogP contribution in [0.5, 0.6) is 0 Å². The maximum absolute atomic E-state index is 10.9. The van der Waals surface area contributed by atoms with E-state index in [4.69, 9.17) is 5.73 Å². The van der Waals surface area contributed by atoms with Crippen LogP contribution in [0.25, 0.3) is 0 Å². The number of carbonyl (C=O) groups excluding carboxylic acids is 1. The predicted octanol–water partition coefficient (Wildman–Crippen LogP) is 1.14. The molecule has 3 N–H and O–H groups in total. The largest absolute Gasteiger partial charge is 0.387 e. The first kappa shape index (κ1) is 8.59. The highest BCUT2D eigenvalue weighted by molar-refractivity contribution is 5.99. The van der Waals surface area contributed by atoms with Gasteiger partial charge in [-0.25, -0.2) is 0 Å². The molecular weight excluding hydrogens is 152 g/mol. The van der Waals surface area contributed by atoms with Crippen molar-refractivity contribution in [1.29, 1.82) is 0 Å². The maximum atomic E-state index is 10.9. The number of nitrogens with two attached hydrogens (primary N) is 1. The number of para-hydroxylation sites is 1. The van der Waals surface area contributed by atoms with E-state index in [0.29, 0.717) is 5.56 Å². The summed E-state index contributed by atoms with van der Waals surface area (Å²) < 4.78 is 0. The van der Waals surface area contributed by atoms with Crippen LogP contribution in [0.4, 0.5) is 5.69 Å². The molecule has 0 saturated carbocycles. The third-order valence-electron chi connectivity index (χ3n) is 1.79. The number of anilines is 1. The van der Waals surface area contributed by atoms with Gasteiger partial charge in [0.1, 0.15) is 0 Å². The fourth-order valence-electron chi connectivity index (χ4n) is 1.20. The normalized spacial score (nSPS) is 9.50. The smallest absolute Gasteiger partial charge is 0.250 e. The quantitative estimate of drug-likeness (QED) is 0.688. The predicted molar refractivity (Wildman–Crippen MR) is 49.2 cm³/mol. The fourth-order valence-corrected chi connectivity index (χ4v) is 1.20. The van der Waals surface area contributed by atoms with Crippen LogP contribution < -0.4 is 11.1 Å². The van der Waals surface area contributed by atoms with Gasteiger partial charge in [-0.05, 0) is 18.6 Å². The molecule has 1 aromatic carbocycles. The van der Waals surface area contributed by atoms with E-state index in [2.05, 4.69) is 5.32 Å². The second-order valence-corrected chi connectivity index (χ2v) is 2.61. The molecule has 0 fully saturated rings. The zero-order valence-corrected chi connectivity index (χ0v) is 7.22. The Bertz CT molecular complexity index is 307. The molecule has 3 nitrogen and oxygen atoms in total. The van der Waals surface area contributed by atoms with Crippen molar-refractivity contribution in [3.8, 4) is 0 Å². The van der Waals surface area contributed by atoms with Crippen molar-refractivity contribution < 1.29 is 4.79 Å². The molecule has 0 bridgehead atoms. The van der Waals surface area contributed by atoms with E-state index < -0.39 is 5.91 Å². The summed E-state index contributed by atoms with van der Waals surface area (Å²) >= 11 is 0. The number of aryl methyl sites for hydroxylation is 1. The Morgan fingerprint density at radius 1 is 1.50 bits per heavy atom. The molecule has 64 valence electrons. The molecule has 1 aromatic rings. The van der Waals surface area contributed by atoms with Crippen molar-refractivity contribution in [2.45, 2.75) is 6.92 Å². The molecule has 0 aromatic heterocycles. The summed E-state index contributed by atoms with van der Waals surface area (Å²) in [6.45, 7) is 1.93. The highest BCUT2D eigenvalue weighted by atomic mass is 16.1. The van der Waals surface area contributed by atoms with E-state index in [0.717, 1.165) is 11.3 Å². The summed E-state index contributed by atoms with van der Waals surface area (Å²) in [6.07, 6.45) is 0. The van der Waals surface area contributed by atoms with Gasteiger partial charge in [-0.15, -0.1) is 0 Å². The van der Waals surface area contributed by atoms with Gasteiger partial charge in [0.2, 0.25) is 0 Å². The van der Waals surface area contributed by atoms with E-state index in [1.54, 1.807) is 13.1 Å². The van der Waals surface area contributed by atoms with E-state index in [9.17, 15) is 4.79 Å². The van der Waals surface area contributed by atoms with Crippen LogP contribution in [-0.2, 0) is 0 Å². The van der Waals surface area contributed by atoms with Crippen molar-refractivity contribution in [1.82, 2.24) is 0 Å². The number of amides is 1. The van der Waals surface area contributed by atoms with E-state index >= 15 is 0 Å². The van der Waals surface area contributed by atoms with E-state index in [1.165, 1.54) is 0 Å². The fraction of sp³-hybridized carbons (Fsp3) is 0.222. The minimum absolute atomic E-state index is 0.400. The number of primary amides is 1. The minimum atomic E-state index is -0.400. The number of carbonyl (C=O) groups is 1. The van der Waals surface area contributed by atoms with Crippen LogP contribution in [0.15, 0.2) is 18.2 Å². The number of nitrogens with one attached hydrogen (secondary N) is 1. The summed E-state index contributed by atoms with van der Waals surface area (Å²) in [6, 6.07) is 5.45. The second kappa shape index (κ2) is 3.26. The topological polar surface area (TPSA) is 55.1 Å². The number of hydrogen-bond acceptors (Lipinski definition) is 2. The van der Waals surface area contributed by atoms with Gasteiger partial charge < -0.3 is 11.1 Å². The number of rotatable bonds is 2. The molecule has 0 atom stereocenters. The third kappa shape index (κ3) is 1.39. The highest BCUT2D eigenvalue weighted by Crippen LogP contribution is 2.18. The van der Waals surface area contributed by atoms with Crippen molar-refractivity contribution in [2.24, 2.45) is 5.73 Å². The van der Waals surface area contributed by atoms with E-state index in [-0.39, 0.29) is 0 Å². The van der Waals surface area contributed by atoms with Gasteiger partial charge in [0.25, 0.3) is 5.91 Å². The molecular formula is C9H12N2O. The summed E-state index contributed by atoms with van der Waals surface area (Å²) in [5.74, 6) is -0.400. The van der Waals surface area contributed by atoms with Crippen LogP contribution in [0.1, 0.15) is 15.9 Å². The van der Waals surface area contributed by atoms with Gasteiger partial charge in [-0.3, -0.25) is 4.79 Å². The standard InChI is InChI=1S/C9H12N2O/c1-6-4-3-5-7(9(10)12)8(6)11-2/h3-5,11H,1-2H3,(H2,10,12). The monoisotopic (exact) mass is 164 g/mol. The summed E-state index contributed by atoms with van der Waals surface area (Å²) in [7, 11) is 1.77. The molecule has 12 heavy (non-hydrogen) atoms. The Hall–Kier alpha value is -1.51. The Kier molecular flexibility index (Phi) is 2.33. The first-order chi connectivity index (χ1) is 5.66. The lowest BCUT2D eigenvalue weighted by Gasteiger charge is -2.08. The third-order valence-corrected chi connectivity index (χ3v) is 1.79. The molecule has 0 aliphatic rings. The molecule has 0 spiro atoms. The van der Waals surface area contributed by atoms with Gasteiger partial charge in [0, 0.05) is 12.7 Å². The molecule has 0 aliphatic heterocycles. The molecule has 3 heteroatoms. The molecule has 1 amide bonds. The second-order valence-electron chi connectivity index (χ2n) is 2.61. The van der Waals surface area contributed by atoms with Crippen LogP contribution >= 0.6 is 0 Å². The highest BCUT2D eigenvalue weighted by Gasteiger charge is 2.07. The van der Waals surface area contributed by atoms with Crippen molar-refractivity contribution >= 4 is 11.6 Å². The van der Waals surface area contributed by atoms with Crippen LogP contribution in [0, 0.1) is 6.92 Å². The molecule has 0 unspecified atom stereocenters. The van der Waals surface area contributed by atoms with Crippen molar-refractivity contribution in [3.63, 3.8) is 0 Å². The van der Waals surface area contributed by atoms with E-state index in [1.807, 2.05) is 19.1 Å². The summed E-state index contributed by atoms with van der Waals surface area (Å²) in [4.78, 5) is 10.9. The molecule has 0 aliphatic carbocycles. The lowest BCUT2D eigenvalue weighted by Crippen LogP contribution is -2.13. The zero-order valence-electron chi connectivity index (χ0n) is 7.22. The number of benzene rings is 1. The van der Waals surface area contributed by atoms with Gasteiger partial charge in [0.05, 0.1) is 5.56 Å². The Labute approximate surface area is 71.6 Å². The summed E-state index contributed by atoms with van der Waals surface area (Å²) in [5, 5.41) is 2.94. The molecule has 0 heterocycles.